The normalized spacial score (nSPS) is 24.8. The number of carbonyl (C=O) groups excluding carboxylic acids is 2. The molecule has 6 heteroatoms. The Kier molecular flexibility index (Phi) is 7.30. The van der Waals surface area contributed by atoms with Gasteiger partial charge in [-0.2, -0.15) is 0 Å². The molecule has 0 aromatic heterocycles. The van der Waals surface area contributed by atoms with Gasteiger partial charge < -0.3 is 19.1 Å². The maximum atomic E-state index is 12.4. The zero-order valence-corrected chi connectivity index (χ0v) is 14.3. The molecule has 2 fully saturated rings. The SMILES string of the molecule is CC(OCC1CCCO1)C(=O)OC(C)C(=O)N1CCCCCC1. The Morgan fingerprint density at radius 3 is 2.39 bits per heavy atom. The van der Waals surface area contributed by atoms with Gasteiger partial charge in [-0.05, 0) is 39.5 Å². The molecule has 3 atom stereocenters. The van der Waals surface area contributed by atoms with Gasteiger partial charge in [0.15, 0.2) is 12.2 Å². The molecule has 0 aliphatic carbocycles. The number of carbonyl (C=O) groups is 2. The minimum atomic E-state index is -0.755. The molecule has 2 aliphatic heterocycles. The van der Waals surface area contributed by atoms with E-state index < -0.39 is 18.2 Å². The van der Waals surface area contributed by atoms with Crippen LogP contribution in [-0.4, -0.2) is 61.4 Å². The van der Waals surface area contributed by atoms with Crippen molar-refractivity contribution in [2.45, 2.75) is 70.7 Å². The molecule has 1 amide bonds. The Bertz CT molecular complexity index is 386. The van der Waals surface area contributed by atoms with E-state index in [4.69, 9.17) is 14.2 Å². The number of ether oxygens (including phenoxy) is 3. The third kappa shape index (κ3) is 5.77. The summed E-state index contributed by atoms with van der Waals surface area (Å²) in [5.74, 6) is -0.592. The largest absolute Gasteiger partial charge is 0.451 e. The van der Waals surface area contributed by atoms with E-state index in [9.17, 15) is 9.59 Å². The summed E-state index contributed by atoms with van der Waals surface area (Å²) < 4.78 is 16.3. The second kappa shape index (κ2) is 9.23. The minimum absolute atomic E-state index is 0.0707. The predicted molar refractivity (Wildman–Crippen MR) is 85.0 cm³/mol. The van der Waals surface area contributed by atoms with Gasteiger partial charge >= 0.3 is 5.97 Å². The number of likely N-dealkylation sites (tertiary alicyclic amines) is 1. The number of esters is 1. The molecule has 0 aromatic carbocycles. The topological polar surface area (TPSA) is 65.1 Å². The summed E-state index contributed by atoms with van der Waals surface area (Å²) in [6.45, 7) is 5.95. The van der Waals surface area contributed by atoms with Crippen molar-refractivity contribution in [2.24, 2.45) is 0 Å². The molecule has 0 saturated carbocycles. The summed E-state index contributed by atoms with van der Waals surface area (Å²) in [4.78, 5) is 26.2. The fourth-order valence-electron chi connectivity index (χ4n) is 2.96. The number of amides is 1. The van der Waals surface area contributed by atoms with Crippen LogP contribution in [0.4, 0.5) is 0 Å². The molecule has 6 nitrogen and oxygen atoms in total. The summed E-state index contributed by atoms with van der Waals surface area (Å²) in [6, 6.07) is 0. The highest BCUT2D eigenvalue weighted by atomic mass is 16.6. The molecule has 23 heavy (non-hydrogen) atoms. The molecule has 0 spiro atoms. The first kappa shape index (κ1) is 18.2. The van der Waals surface area contributed by atoms with Crippen molar-refractivity contribution in [3.63, 3.8) is 0 Å². The highest BCUT2D eigenvalue weighted by Crippen LogP contribution is 2.14. The van der Waals surface area contributed by atoms with Crippen LogP contribution in [0.25, 0.3) is 0 Å². The molecule has 0 bridgehead atoms. The summed E-state index contributed by atoms with van der Waals surface area (Å²) in [7, 11) is 0. The lowest BCUT2D eigenvalue weighted by atomic mass is 10.2. The van der Waals surface area contributed by atoms with Crippen molar-refractivity contribution in [1.29, 1.82) is 0 Å². The van der Waals surface area contributed by atoms with Crippen molar-refractivity contribution in [1.82, 2.24) is 4.90 Å². The van der Waals surface area contributed by atoms with Gasteiger partial charge in [0.05, 0.1) is 12.7 Å². The first-order valence-corrected chi connectivity index (χ1v) is 8.80. The van der Waals surface area contributed by atoms with Crippen LogP contribution in [0.15, 0.2) is 0 Å². The van der Waals surface area contributed by atoms with E-state index in [0.29, 0.717) is 6.61 Å². The first-order chi connectivity index (χ1) is 11.1. The van der Waals surface area contributed by atoms with Gasteiger partial charge in [0.25, 0.3) is 5.91 Å². The van der Waals surface area contributed by atoms with E-state index in [-0.39, 0.29) is 12.0 Å². The highest BCUT2D eigenvalue weighted by molar-refractivity contribution is 5.84. The van der Waals surface area contributed by atoms with Crippen molar-refractivity contribution >= 4 is 11.9 Å². The zero-order chi connectivity index (χ0) is 16.7. The fourth-order valence-corrected chi connectivity index (χ4v) is 2.96. The minimum Gasteiger partial charge on any atom is -0.451 e. The Balaban J connectivity index is 1.72. The average Bonchev–Trinajstić information content (AvgIpc) is 2.92. The smallest absolute Gasteiger partial charge is 0.335 e. The molecule has 3 unspecified atom stereocenters. The van der Waals surface area contributed by atoms with Crippen LogP contribution in [0.2, 0.25) is 0 Å². The molecule has 0 N–H and O–H groups in total. The van der Waals surface area contributed by atoms with E-state index in [1.165, 1.54) is 0 Å². The van der Waals surface area contributed by atoms with Gasteiger partial charge in [-0.1, -0.05) is 12.8 Å². The Hall–Kier alpha value is -1.14. The maximum Gasteiger partial charge on any atom is 0.335 e. The predicted octanol–water partition coefficient (Wildman–Crippen LogP) is 1.90. The van der Waals surface area contributed by atoms with E-state index in [0.717, 1.165) is 58.2 Å². The molecule has 2 rings (SSSR count). The quantitative estimate of drug-likeness (QED) is 0.697. The number of hydrogen-bond donors (Lipinski definition) is 0. The van der Waals surface area contributed by atoms with E-state index >= 15 is 0 Å². The van der Waals surface area contributed by atoms with Gasteiger partial charge in [-0.3, -0.25) is 4.79 Å². The average molecular weight is 327 g/mol. The Morgan fingerprint density at radius 2 is 1.78 bits per heavy atom. The van der Waals surface area contributed by atoms with Crippen LogP contribution in [0.5, 0.6) is 0 Å². The standard InChI is InChI=1S/C17H29NO5/c1-13(16(19)18-9-5-3-4-6-10-18)23-17(20)14(2)22-12-15-8-7-11-21-15/h13-15H,3-12H2,1-2H3. The van der Waals surface area contributed by atoms with E-state index in [1.807, 2.05) is 4.90 Å². The van der Waals surface area contributed by atoms with Crippen molar-refractivity contribution in [3.05, 3.63) is 0 Å². The lowest BCUT2D eigenvalue weighted by Gasteiger charge is -2.25. The Morgan fingerprint density at radius 1 is 1.09 bits per heavy atom. The third-order valence-electron chi connectivity index (χ3n) is 4.45. The Labute approximate surface area is 138 Å². The van der Waals surface area contributed by atoms with Crippen LogP contribution < -0.4 is 0 Å². The first-order valence-electron chi connectivity index (χ1n) is 8.80. The van der Waals surface area contributed by atoms with Crippen molar-refractivity contribution < 1.29 is 23.8 Å². The van der Waals surface area contributed by atoms with Crippen LogP contribution in [0.1, 0.15) is 52.4 Å². The molecule has 2 heterocycles. The maximum absolute atomic E-state index is 12.4. The second-order valence-corrected chi connectivity index (χ2v) is 6.43. The van der Waals surface area contributed by atoms with E-state index in [1.54, 1.807) is 13.8 Å². The molecular formula is C17H29NO5. The molecule has 132 valence electrons. The van der Waals surface area contributed by atoms with E-state index in [2.05, 4.69) is 0 Å². The van der Waals surface area contributed by atoms with Crippen LogP contribution in [0.3, 0.4) is 0 Å². The molecule has 2 saturated heterocycles. The van der Waals surface area contributed by atoms with Gasteiger partial charge in [0.1, 0.15) is 0 Å². The second-order valence-electron chi connectivity index (χ2n) is 6.43. The van der Waals surface area contributed by atoms with Gasteiger partial charge in [0.2, 0.25) is 0 Å². The summed E-state index contributed by atoms with van der Waals surface area (Å²) in [5, 5.41) is 0. The zero-order valence-electron chi connectivity index (χ0n) is 14.3. The number of nitrogens with zero attached hydrogens (tertiary/aromatic N) is 1. The van der Waals surface area contributed by atoms with Crippen molar-refractivity contribution in [3.8, 4) is 0 Å². The van der Waals surface area contributed by atoms with Gasteiger partial charge in [-0.25, -0.2) is 4.79 Å². The fraction of sp³-hybridized carbons (Fsp3) is 0.882. The summed E-state index contributed by atoms with van der Waals surface area (Å²) >= 11 is 0. The molecule has 0 aromatic rings. The monoisotopic (exact) mass is 327 g/mol. The van der Waals surface area contributed by atoms with Crippen LogP contribution >= 0.6 is 0 Å². The molecular weight excluding hydrogens is 298 g/mol. The lowest BCUT2D eigenvalue weighted by molar-refractivity contribution is -0.169. The van der Waals surface area contributed by atoms with Crippen LogP contribution in [0, 0.1) is 0 Å². The number of hydrogen-bond acceptors (Lipinski definition) is 5. The van der Waals surface area contributed by atoms with Crippen molar-refractivity contribution in [2.75, 3.05) is 26.3 Å². The summed E-state index contributed by atoms with van der Waals surface area (Å²) in [6.07, 6.45) is 4.99. The molecule has 2 aliphatic rings. The lowest BCUT2D eigenvalue weighted by Crippen LogP contribution is -2.42. The van der Waals surface area contributed by atoms with Gasteiger partial charge in [-0.15, -0.1) is 0 Å². The summed E-state index contributed by atoms with van der Waals surface area (Å²) in [5.41, 5.74) is 0. The van der Waals surface area contributed by atoms with Crippen LogP contribution in [-0.2, 0) is 23.8 Å². The highest BCUT2D eigenvalue weighted by Gasteiger charge is 2.27. The number of rotatable bonds is 6. The third-order valence-corrected chi connectivity index (χ3v) is 4.45. The van der Waals surface area contributed by atoms with Gasteiger partial charge in [0, 0.05) is 19.7 Å². The molecule has 0 radical (unpaired) electrons.